The molecule has 1 amide bonds. The fourth-order valence-corrected chi connectivity index (χ4v) is 1.99. The van der Waals surface area contributed by atoms with E-state index in [1.54, 1.807) is 11.1 Å². The molecule has 2 rings (SSSR count). The van der Waals surface area contributed by atoms with Gasteiger partial charge in [0, 0.05) is 26.2 Å². The lowest BCUT2D eigenvalue weighted by atomic mass is 10.2. The van der Waals surface area contributed by atoms with Crippen LogP contribution in [0.15, 0.2) is 12.4 Å². The van der Waals surface area contributed by atoms with Gasteiger partial charge in [0.15, 0.2) is 5.69 Å². The topological polar surface area (TPSA) is 82.4 Å². The number of nitriles is 1. The first-order valence-electron chi connectivity index (χ1n) is 6.84. The molecule has 0 unspecified atom stereocenters. The van der Waals surface area contributed by atoms with Gasteiger partial charge in [-0.05, 0) is 20.8 Å². The Balaban J connectivity index is 1.91. The van der Waals surface area contributed by atoms with Crippen molar-refractivity contribution in [1.29, 1.82) is 5.26 Å². The van der Waals surface area contributed by atoms with Gasteiger partial charge in [0.05, 0.1) is 12.4 Å². The third-order valence-corrected chi connectivity index (χ3v) is 3.01. The Morgan fingerprint density at radius 2 is 1.90 bits per heavy atom. The first kappa shape index (κ1) is 15.0. The second-order valence-electron chi connectivity index (χ2n) is 5.83. The van der Waals surface area contributed by atoms with Crippen LogP contribution in [0.2, 0.25) is 0 Å². The van der Waals surface area contributed by atoms with Crippen molar-refractivity contribution in [3.8, 4) is 6.07 Å². The summed E-state index contributed by atoms with van der Waals surface area (Å²) in [5, 5.41) is 8.70. The predicted molar refractivity (Wildman–Crippen MR) is 76.8 cm³/mol. The van der Waals surface area contributed by atoms with E-state index in [0.29, 0.717) is 31.9 Å². The summed E-state index contributed by atoms with van der Waals surface area (Å²) in [5.41, 5.74) is -0.182. The highest BCUT2D eigenvalue weighted by atomic mass is 16.6. The molecule has 0 N–H and O–H groups in total. The number of anilines is 1. The minimum absolute atomic E-state index is 0.284. The summed E-state index contributed by atoms with van der Waals surface area (Å²) in [7, 11) is 0. The molecule has 1 aromatic heterocycles. The standard InChI is InChI=1S/C14H19N5O2/c1-14(2,3)21-13(20)19-6-4-18(5-7-19)12-10-16-11(8-15)9-17-12/h9-10H,4-7H2,1-3H3. The van der Waals surface area contributed by atoms with Crippen LogP contribution in [0.25, 0.3) is 0 Å². The molecule has 0 bridgehead atoms. The number of nitrogens with zero attached hydrogens (tertiary/aromatic N) is 5. The fraction of sp³-hybridized carbons (Fsp3) is 0.571. The molecule has 7 nitrogen and oxygen atoms in total. The number of hydrogen-bond acceptors (Lipinski definition) is 6. The Labute approximate surface area is 124 Å². The van der Waals surface area contributed by atoms with Crippen LogP contribution in [-0.4, -0.2) is 52.7 Å². The Morgan fingerprint density at radius 1 is 1.24 bits per heavy atom. The normalized spacial score (nSPS) is 15.5. The molecular formula is C14H19N5O2. The van der Waals surface area contributed by atoms with Crippen LogP contribution >= 0.6 is 0 Å². The SMILES string of the molecule is CC(C)(C)OC(=O)N1CCN(c2cnc(C#N)cn2)CC1. The number of hydrogen-bond donors (Lipinski definition) is 0. The van der Waals surface area contributed by atoms with Gasteiger partial charge in [0.25, 0.3) is 0 Å². The molecule has 1 aliphatic rings. The first-order valence-corrected chi connectivity index (χ1v) is 6.84. The van der Waals surface area contributed by atoms with Gasteiger partial charge >= 0.3 is 6.09 Å². The van der Waals surface area contributed by atoms with Gasteiger partial charge in [-0.25, -0.2) is 14.8 Å². The summed E-state index contributed by atoms with van der Waals surface area (Å²) in [6.45, 7) is 8.06. The largest absolute Gasteiger partial charge is 0.444 e. The van der Waals surface area contributed by atoms with Crippen molar-refractivity contribution in [2.45, 2.75) is 26.4 Å². The van der Waals surface area contributed by atoms with Crippen molar-refractivity contribution in [2.75, 3.05) is 31.1 Å². The van der Waals surface area contributed by atoms with Gasteiger partial charge in [0.1, 0.15) is 17.5 Å². The van der Waals surface area contributed by atoms with Crippen LogP contribution < -0.4 is 4.90 Å². The van der Waals surface area contributed by atoms with Gasteiger partial charge in [-0.15, -0.1) is 0 Å². The highest BCUT2D eigenvalue weighted by molar-refractivity contribution is 5.68. The lowest BCUT2D eigenvalue weighted by Gasteiger charge is -2.35. The van der Waals surface area contributed by atoms with Crippen molar-refractivity contribution < 1.29 is 9.53 Å². The average Bonchev–Trinajstić information content (AvgIpc) is 2.46. The minimum atomic E-state index is -0.479. The molecular weight excluding hydrogens is 270 g/mol. The molecule has 1 aliphatic heterocycles. The quantitative estimate of drug-likeness (QED) is 0.777. The van der Waals surface area contributed by atoms with Crippen molar-refractivity contribution in [2.24, 2.45) is 0 Å². The summed E-state index contributed by atoms with van der Waals surface area (Å²) in [6, 6.07) is 1.94. The summed E-state index contributed by atoms with van der Waals surface area (Å²) in [5.74, 6) is 0.720. The molecule has 0 radical (unpaired) electrons. The second-order valence-corrected chi connectivity index (χ2v) is 5.83. The smallest absolute Gasteiger partial charge is 0.410 e. The number of piperazine rings is 1. The molecule has 0 saturated carbocycles. The number of carbonyl (C=O) groups excluding carboxylic acids is 1. The minimum Gasteiger partial charge on any atom is -0.444 e. The second kappa shape index (κ2) is 5.95. The Kier molecular flexibility index (Phi) is 4.26. The maximum Gasteiger partial charge on any atom is 0.410 e. The number of aromatic nitrogens is 2. The summed E-state index contributed by atoms with van der Waals surface area (Å²) >= 11 is 0. The van der Waals surface area contributed by atoms with E-state index in [9.17, 15) is 4.79 Å². The van der Waals surface area contributed by atoms with E-state index >= 15 is 0 Å². The van der Waals surface area contributed by atoms with Crippen molar-refractivity contribution in [3.63, 3.8) is 0 Å². The molecule has 2 heterocycles. The zero-order valence-electron chi connectivity index (χ0n) is 12.5. The van der Waals surface area contributed by atoms with Crippen LogP contribution in [-0.2, 0) is 4.74 Å². The van der Waals surface area contributed by atoms with Gasteiger partial charge in [-0.1, -0.05) is 0 Å². The Bertz CT molecular complexity index is 536. The number of ether oxygens (including phenoxy) is 1. The maximum atomic E-state index is 12.0. The van der Waals surface area contributed by atoms with Crippen LogP contribution in [0, 0.1) is 11.3 Å². The first-order chi connectivity index (χ1) is 9.89. The van der Waals surface area contributed by atoms with Crippen molar-refractivity contribution in [1.82, 2.24) is 14.9 Å². The number of rotatable bonds is 1. The van der Waals surface area contributed by atoms with Crippen molar-refractivity contribution >= 4 is 11.9 Å². The molecule has 1 aromatic rings. The average molecular weight is 289 g/mol. The van der Waals surface area contributed by atoms with E-state index in [0.717, 1.165) is 5.82 Å². The van der Waals surface area contributed by atoms with E-state index in [1.165, 1.54) is 6.20 Å². The lowest BCUT2D eigenvalue weighted by Crippen LogP contribution is -2.50. The molecule has 0 atom stereocenters. The van der Waals surface area contributed by atoms with Gasteiger partial charge in [-0.3, -0.25) is 0 Å². The molecule has 112 valence electrons. The van der Waals surface area contributed by atoms with E-state index < -0.39 is 5.60 Å². The highest BCUT2D eigenvalue weighted by Gasteiger charge is 2.26. The molecule has 0 aromatic carbocycles. The Morgan fingerprint density at radius 3 is 2.38 bits per heavy atom. The molecule has 1 fully saturated rings. The van der Waals surface area contributed by atoms with E-state index in [1.807, 2.05) is 31.7 Å². The molecule has 0 spiro atoms. The third-order valence-electron chi connectivity index (χ3n) is 3.01. The molecule has 21 heavy (non-hydrogen) atoms. The van der Waals surface area contributed by atoms with E-state index in [4.69, 9.17) is 10.00 Å². The molecule has 1 saturated heterocycles. The summed E-state index contributed by atoms with van der Waals surface area (Å²) < 4.78 is 5.35. The van der Waals surface area contributed by atoms with Gasteiger partial charge < -0.3 is 14.5 Å². The fourth-order valence-electron chi connectivity index (χ4n) is 1.99. The monoisotopic (exact) mass is 289 g/mol. The Hall–Kier alpha value is -2.36. The van der Waals surface area contributed by atoms with E-state index in [2.05, 4.69) is 9.97 Å². The zero-order valence-corrected chi connectivity index (χ0v) is 12.5. The van der Waals surface area contributed by atoms with Gasteiger partial charge in [0.2, 0.25) is 0 Å². The zero-order chi connectivity index (χ0) is 15.5. The highest BCUT2D eigenvalue weighted by Crippen LogP contribution is 2.15. The predicted octanol–water partition coefficient (Wildman–Crippen LogP) is 1.41. The number of carbonyl (C=O) groups is 1. The van der Waals surface area contributed by atoms with Crippen LogP contribution in [0.3, 0.4) is 0 Å². The third kappa shape index (κ3) is 4.05. The van der Waals surface area contributed by atoms with E-state index in [-0.39, 0.29) is 6.09 Å². The summed E-state index contributed by atoms with van der Waals surface area (Å²) in [6.07, 6.45) is 2.75. The van der Waals surface area contributed by atoms with Crippen LogP contribution in [0.5, 0.6) is 0 Å². The lowest BCUT2D eigenvalue weighted by molar-refractivity contribution is 0.0240. The summed E-state index contributed by atoms with van der Waals surface area (Å²) in [4.78, 5) is 23.9. The van der Waals surface area contributed by atoms with Crippen LogP contribution in [0.1, 0.15) is 26.5 Å². The molecule has 7 heteroatoms. The van der Waals surface area contributed by atoms with Gasteiger partial charge in [-0.2, -0.15) is 5.26 Å². The van der Waals surface area contributed by atoms with Crippen LogP contribution in [0.4, 0.5) is 10.6 Å². The maximum absolute atomic E-state index is 12.0. The van der Waals surface area contributed by atoms with Crippen molar-refractivity contribution in [3.05, 3.63) is 18.1 Å². The number of amides is 1. The molecule has 0 aliphatic carbocycles.